The van der Waals surface area contributed by atoms with Gasteiger partial charge in [0.25, 0.3) is 0 Å². The van der Waals surface area contributed by atoms with E-state index in [9.17, 15) is 8.42 Å². The zero-order chi connectivity index (χ0) is 13.9. The Kier molecular flexibility index (Phi) is 4.71. The van der Waals surface area contributed by atoms with Crippen molar-refractivity contribution in [2.45, 2.75) is 24.7 Å². The van der Waals surface area contributed by atoms with Crippen LogP contribution in [0, 0.1) is 0 Å². The molecule has 1 aliphatic rings. The number of hydrogen-bond donors (Lipinski definition) is 1. The highest BCUT2D eigenvalue weighted by molar-refractivity contribution is 7.92. The maximum Gasteiger partial charge on any atom is 0.157 e. The van der Waals surface area contributed by atoms with Gasteiger partial charge >= 0.3 is 0 Å². The Bertz CT molecular complexity index is 515. The van der Waals surface area contributed by atoms with Crippen molar-refractivity contribution >= 4 is 27.1 Å². The van der Waals surface area contributed by atoms with Gasteiger partial charge in [0.1, 0.15) is 0 Å². The smallest absolute Gasteiger partial charge is 0.157 e. The molecule has 0 aromatic heterocycles. The molecule has 0 bridgehead atoms. The summed E-state index contributed by atoms with van der Waals surface area (Å²) in [4.78, 5) is 0. The molecule has 0 amide bonds. The van der Waals surface area contributed by atoms with E-state index in [0.717, 1.165) is 5.69 Å². The maximum atomic E-state index is 12.1. The highest BCUT2D eigenvalue weighted by Gasteiger charge is 2.35. The summed E-state index contributed by atoms with van der Waals surface area (Å²) in [5, 5.41) is 3.39. The lowest BCUT2D eigenvalue weighted by Crippen LogP contribution is -2.32. The normalized spacial score (nSPS) is 23.5. The molecule has 1 aromatic rings. The molecule has 0 saturated carbocycles. The van der Waals surface area contributed by atoms with Crippen LogP contribution in [0.3, 0.4) is 0 Å². The molecule has 2 unspecified atom stereocenters. The first kappa shape index (κ1) is 14.6. The molecule has 0 radical (unpaired) electrons. The molecular formula is C13H18ClNO3S. The van der Waals surface area contributed by atoms with Crippen LogP contribution in [-0.4, -0.2) is 38.7 Å². The number of halogens is 1. The second-order valence-electron chi connectivity index (χ2n) is 4.70. The standard InChI is InChI=1S/C13H18ClNO3S/c1-10-13(6-8-18-10)19(16,17)9-7-15-12-4-2-11(14)3-5-12/h2-5,10,13,15H,6-9H2,1H3. The molecule has 1 saturated heterocycles. The van der Waals surface area contributed by atoms with E-state index in [1.165, 1.54) is 0 Å². The van der Waals surface area contributed by atoms with Crippen LogP contribution in [0.25, 0.3) is 0 Å². The summed E-state index contributed by atoms with van der Waals surface area (Å²) < 4.78 is 29.6. The summed E-state index contributed by atoms with van der Waals surface area (Å²) in [7, 11) is -3.10. The number of anilines is 1. The molecule has 0 aliphatic carbocycles. The van der Waals surface area contributed by atoms with Crippen molar-refractivity contribution in [3.8, 4) is 0 Å². The Hall–Kier alpha value is -0.780. The van der Waals surface area contributed by atoms with E-state index in [1.807, 2.05) is 19.1 Å². The lowest BCUT2D eigenvalue weighted by Gasteiger charge is -2.15. The Balaban J connectivity index is 1.86. The van der Waals surface area contributed by atoms with E-state index in [1.54, 1.807) is 12.1 Å². The summed E-state index contributed by atoms with van der Waals surface area (Å²) in [6, 6.07) is 7.20. The fourth-order valence-electron chi connectivity index (χ4n) is 2.24. The van der Waals surface area contributed by atoms with Crippen LogP contribution in [0.2, 0.25) is 5.02 Å². The van der Waals surface area contributed by atoms with Gasteiger partial charge in [-0.25, -0.2) is 8.42 Å². The first-order valence-electron chi connectivity index (χ1n) is 6.31. The fourth-order valence-corrected chi connectivity index (χ4v) is 4.17. The molecule has 106 valence electrons. The molecule has 1 aromatic carbocycles. The number of rotatable bonds is 5. The van der Waals surface area contributed by atoms with E-state index in [4.69, 9.17) is 16.3 Å². The minimum atomic E-state index is -3.10. The van der Waals surface area contributed by atoms with Gasteiger partial charge in [-0.05, 0) is 37.6 Å². The van der Waals surface area contributed by atoms with Crippen molar-refractivity contribution < 1.29 is 13.2 Å². The van der Waals surface area contributed by atoms with Gasteiger partial charge in [0.2, 0.25) is 0 Å². The third-order valence-corrected chi connectivity index (χ3v) is 5.89. The number of sulfone groups is 1. The molecule has 2 atom stereocenters. The van der Waals surface area contributed by atoms with Crippen LogP contribution in [0.15, 0.2) is 24.3 Å². The zero-order valence-electron chi connectivity index (χ0n) is 10.8. The first-order chi connectivity index (χ1) is 8.99. The van der Waals surface area contributed by atoms with E-state index in [0.29, 0.717) is 24.6 Å². The maximum absolute atomic E-state index is 12.1. The third-order valence-electron chi connectivity index (χ3n) is 3.33. The molecule has 1 fully saturated rings. The van der Waals surface area contributed by atoms with Crippen molar-refractivity contribution in [3.05, 3.63) is 29.3 Å². The lowest BCUT2D eigenvalue weighted by molar-refractivity contribution is 0.126. The predicted molar refractivity (Wildman–Crippen MR) is 77.5 cm³/mol. The summed E-state index contributed by atoms with van der Waals surface area (Å²) >= 11 is 5.78. The Morgan fingerprint density at radius 2 is 2.05 bits per heavy atom. The Morgan fingerprint density at radius 1 is 1.37 bits per heavy atom. The lowest BCUT2D eigenvalue weighted by atomic mass is 10.3. The molecular weight excluding hydrogens is 286 g/mol. The summed E-state index contributed by atoms with van der Waals surface area (Å²) in [5.74, 6) is 0.119. The van der Waals surface area contributed by atoms with Gasteiger partial charge < -0.3 is 10.1 Å². The average Bonchev–Trinajstić information content (AvgIpc) is 2.79. The largest absolute Gasteiger partial charge is 0.384 e. The molecule has 6 heteroatoms. The quantitative estimate of drug-likeness (QED) is 0.907. The predicted octanol–water partition coefficient (Wildman–Crippen LogP) is 2.34. The fraction of sp³-hybridized carbons (Fsp3) is 0.538. The van der Waals surface area contributed by atoms with Crippen molar-refractivity contribution in [3.63, 3.8) is 0 Å². The number of benzene rings is 1. The molecule has 1 aliphatic heterocycles. The van der Waals surface area contributed by atoms with Crippen molar-refractivity contribution in [2.75, 3.05) is 24.2 Å². The van der Waals surface area contributed by atoms with Crippen LogP contribution in [-0.2, 0) is 14.6 Å². The average molecular weight is 304 g/mol. The van der Waals surface area contributed by atoms with E-state index >= 15 is 0 Å². The number of ether oxygens (including phenoxy) is 1. The third kappa shape index (κ3) is 3.84. The topological polar surface area (TPSA) is 55.4 Å². The summed E-state index contributed by atoms with van der Waals surface area (Å²) in [5.41, 5.74) is 0.871. The summed E-state index contributed by atoms with van der Waals surface area (Å²) in [6.45, 7) is 2.75. The SMILES string of the molecule is CC1OCCC1S(=O)(=O)CCNc1ccc(Cl)cc1. The van der Waals surface area contributed by atoms with E-state index in [2.05, 4.69) is 5.32 Å². The van der Waals surface area contributed by atoms with Gasteiger partial charge in [0.15, 0.2) is 9.84 Å². The van der Waals surface area contributed by atoms with Crippen molar-refractivity contribution in [1.82, 2.24) is 0 Å². The second kappa shape index (κ2) is 6.11. The second-order valence-corrected chi connectivity index (χ2v) is 7.48. The van der Waals surface area contributed by atoms with Gasteiger partial charge in [-0.15, -0.1) is 0 Å². The summed E-state index contributed by atoms with van der Waals surface area (Å²) in [6.07, 6.45) is 0.408. The minimum Gasteiger partial charge on any atom is -0.384 e. The molecule has 1 heterocycles. The Morgan fingerprint density at radius 3 is 2.63 bits per heavy atom. The van der Waals surface area contributed by atoms with Crippen LogP contribution in [0.5, 0.6) is 0 Å². The molecule has 0 spiro atoms. The van der Waals surface area contributed by atoms with Gasteiger partial charge in [-0.2, -0.15) is 0 Å². The highest BCUT2D eigenvalue weighted by atomic mass is 35.5. The first-order valence-corrected chi connectivity index (χ1v) is 8.41. The number of nitrogens with one attached hydrogen (secondary N) is 1. The van der Waals surface area contributed by atoms with Crippen LogP contribution in [0.1, 0.15) is 13.3 Å². The molecule has 4 nitrogen and oxygen atoms in total. The van der Waals surface area contributed by atoms with Gasteiger partial charge in [-0.1, -0.05) is 11.6 Å². The monoisotopic (exact) mass is 303 g/mol. The molecule has 19 heavy (non-hydrogen) atoms. The molecule has 2 rings (SSSR count). The van der Waals surface area contributed by atoms with E-state index in [-0.39, 0.29) is 17.1 Å². The van der Waals surface area contributed by atoms with Gasteiger partial charge in [-0.3, -0.25) is 0 Å². The van der Waals surface area contributed by atoms with Gasteiger partial charge in [0.05, 0.1) is 17.1 Å². The minimum absolute atomic E-state index is 0.119. The number of hydrogen-bond acceptors (Lipinski definition) is 4. The van der Waals surface area contributed by atoms with Crippen LogP contribution < -0.4 is 5.32 Å². The van der Waals surface area contributed by atoms with Crippen LogP contribution >= 0.6 is 11.6 Å². The highest BCUT2D eigenvalue weighted by Crippen LogP contribution is 2.21. The van der Waals surface area contributed by atoms with Gasteiger partial charge in [0, 0.05) is 23.9 Å². The van der Waals surface area contributed by atoms with E-state index < -0.39 is 9.84 Å². The Labute approximate surface area is 119 Å². The van der Waals surface area contributed by atoms with Crippen LogP contribution in [0.4, 0.5) is 5.69 Å². The van der Waals surface area contributed by atoms with Crippen molar-refractivity contribution in [2.24, 2.45) is 0 Å². The van der Waals surface area contributed by atoms with Crippen molar-refractivity contribution in [1.29, 1.82) is 0 Å². The molecule has 1 N–H and O–H groups in total. The zero-order valence-corrected chi connectivity index (χ0v) is 12.4.